The lowest BCUT2D eigenvalue weighted by atomic mass is 10.1. The third kappa shape index (κ3) is 5.00. The van der Waals surface area contributed by atoms with E-state index >= 15 is 0 Å². The van der Waals surface area contributed by atoms with Crippen molar-refractivity contribution in [3.05, 3.63) is 59.5 Å². The smallest absolute Gasteiger partial charge is 0.227 e. The highest BCUT2D eigenvalue weighted by Crippen LogP contribution is 2.35. The molecule has 0 fully saturated rings. The number of aromatic nitrogens is 2. The third-order valence-corrected chi connectivity index (χ3v) is 5.24. The molecule has 1 unspecified atom stereocenters. The van der Waals surface area contributed by atoms with Crippen LogP contribution in [0.2, 0.25) is 0 Å². The Morgan fingerprint density at radius 2 is 1.94 bits per heavy atom. The molecule has 3 N–H and O–H groups in total. The van der Waals surface area contributed by atoms with Crippen LogP contribution in [0.1, 0.15) is 5.56 Å². The van der Waals surface area contributed by atoms with Gasteiger partial charge >= 0.3 is 0 Å². The SMILES string of the molecule is CS(=[NH2+])Cc1cc2cc(c1)OCCOCOc1c(ccc(F)c1F)-c1nc(ncc1F)N2. The zero-order valence-corrected chi connectivity index (χ0v) is 17.8. The van der Waals surface area contributed by atoms with Crippen LogP contribution in [-0.2, 0) is 21.2 Å². The number of nitrogens with two attached hydrogens (primary N) is 1. The van der Waals surface area contributed by atoms with Crippen molar-refractivity contribution in [1.82, 2.24) is 9.97 Å². The van der Waals surface area contributed by atoms with E-state index in [2.05, 4.69) is 15.3 Å². The summed E-state index contributed by atoms with van der Waals surface area (Å²) in [5.74, 6) is -2.51. The van der Waals surface area contributed by atoms with E-state index in [0.717, 1.165) is 17.8 Å². The van der Waals surface area contributed by atoms with Crippen molar-refractivity contribution in [2.75, 3.05) is 31.6 Å². The fourth-order valence-electron chi connectivity index (χ4n) is 3.15. The largest absolute Gasteiger partial charge is 0.491 e. The number of nitrogens with zero attached hydrogens (tertiary/aromatic N) is 2. The summed E-state index contributed by atoms with van der Waals surface area (Å²) in [5.41, 5.74) is 1.19. The van der Waals surface area contributed by atoms with E-state index in [-0.39, 0.29) is 41.1 Å². The third-order valence-electron chi connectivity index (χ3n) is 4.45. The molecule has 4 rings (SSSR count). The van der Waals surface area contributed by atoms with Gasteiger partial charge < -0.3 is 19.5 Å². The number of halogens is 3. The van der Waals surface area contributed by atoms with E-state index in [0.29, 0.717) is 17.2 Å². The van der Waals surface area contributed by atoms with Crippen molar-refractivity contribution in [3.63, 3.8) is 0 Å². The molecule has 0 spiro atoms. The Bertz CT molecular complexity index is 1180. The molecule has 0 amide bonds. The molecular formula is C21H20F3N4O3S+. The predicted molar refractivity (Wildman–Crippen MR) is 113 cm³/mol. The number of nitrogens with one attached hydrogen (secondary N) is 1. The fourth-order valence-corrected chi connectivity index (χ4v) is 3.84. The zero-order valence-electron chi connectivity index (χ0n) is 17.0. The number of ether oxygens (including phenoxy) is 3. The molecule has 7 nitrogen and oxygen atoms in total. The molecule has 11 heteroatoms. The van der Waals surface area contributed by atoms with Crippen LogP contribution in [0, 0.1) is 17.5 Å². The van der Waals surface area contributed by atoms with Gasteiger partial charge in [-0.15, -0.1) is 0 Å². The predicted octanol–water partition coefficient (Wildman–Crippen LogP) is 2.74. The van der Waals surface area contributed by atoms with E-state index in [1.165, 1.54) is 6.07 Å². The summed E-state index contributed by atoms with van der Waals surface area (Å²) in [4.78, 5) is 8.13. The Balaban J connectivity index is 1.81. The first kappa shape index (κ1) is 22.0. The van der Waals surface area contributed by atoms with E-state index in [9.17, 15) is 13.2 Å². The number of anilines is 2. The Labute approximate surface area is 184 Å². The molecule has 0 radical (unpaired) electrons. The van der Waals surface area contributed by atoms with Crippen molar-refractivity contribution in [2.24, 2.45) is 0 Å². The van der Waals surface area contributed by atoms with E-state index in [4.69, 9.17) is 19.0 Å². The van der Waals surface area contributed by atoms with Gasteiger partial charge in [0.2, 0.25) is 11.8 Å². The summed E-state index contributed by atoms with van der Waals surface area (Å²) in [7, 11) is -0.339. The Kier molecular flexibility index (Phi) is 6.56. The average molecular weight is 465 g/mol. The van der Waals surface area contributed by atoms with E-state index < -0.39 is 30.0 Å². The lowest BCUT2D eigenvalue weighted by molar-refractivity contribution is -0.0751. The van der Waals surface area contributed by atoms with Gasteiger partial charge in [-0.25, -0.2) is 23.5 Å². The van der Waals surface area contributed by atoms with Gasteiger partial charge in [0, 0.05) is 34.3 Å². The van der Waals surface area contributed by atoms with Crippen LogP contribution in [0.3, 0.4) is 0 Å². The van der Waals surface area contributed by atoms with E-state index in [1.807, 2.05) is 18.4 Å². The highest BCUT2D eigenvalue weighted by atomic mass is 32.2. The van der Waals surface area contributed by atoms with Crippen molar-refractivity contribution in [3.8, 4) is 22.8 Å². The number of hydrogen-bond acceptors (Lipinski definition) is 6. The van der Waals surface area contributed by atoms with Crippen LogP contribution in [0.4, 0.5) is 24.8 Å². The molecule has 32 heavy (non-hydrogen) atoms. The molecule has 1 aromatic heterocycles. The van der Waals surface area contributed by atoms with Gasteiger partial charge in [-0.1, -0.05) is 0 Å². The van der Waals surface area contributed by atoms with Crippen molar-refractivity contribution in [1.29, 1.82) is 0 Å². The summed E-state index contributed by atoms with van der Waals surface area (Å²) < 4.78 is 65.1. The summed E-state index contributed by atoms with van der Waals surface area (Å²) in [6, 6.07) is 7.52. The molecule has 0 aliphatic carbocycles. The van der Waals surface area contributed by atoms with Crippen molar-refractivity contribution in [2.45, 2.75) is 5.75 Å². The topological polar surface area (TPSA) is 91.1 Å². The first-order valence-corrected chi connectivity index (χ1v) is 11.4. The molecule has 0 saturated carbocycles. The van der Waals surface area contributed by atoms with Gasteiger partial charge in [-0.2, -0.15) is 4.39 Å². The maximum atomic E-state index is 14.6. The monoisotopic (exact) mass is 465 g/mol. The van der Waals surface area contributed by atoms with Crippen LogP contribution >= 0.6 is 0 Å². The lowest BCUT2D eigenvalue weighted by Gasteiger charge is -2.14. The second-order valence-corrected chi connectivity index (χ2v) is 8.64. The van der Waals surface area contributed by atoms with Crippen LogP contribution in [-0.4, -0.2) is 36.2 Å². The van der Waals surface area contributed by atoms with Crippen molar-refractivity contribution < 1.29 is 32.2 Å². The molecule has 3 aromatic rings. The Hall–Kier alpha value is -3.18. The normalized spacial score (nSPS) is 14.6. The average Bonchev–Trinajstić information content (AvgIpc) is 2.74. The fraction of sp³-hybridized carbons (Fsp3) is 0.238. The minimum atomic E-state index is -1.27. The highest BCUT2D eigenvalue weighted by molar-refractivity contribution is 7.82. The summed E-state index contributed by atoms with van der Waals surface area (Å²) in [5, 5.41) is 3.00. The standard InChI is InChI=1S/C21H19F3N4O3S/c1-32(25)10-12-6-13-8-14(7-12)30-5-4-29-11-31-20-15(2-3-16(22)18(20)24)19-17(23)9-26-21(27-13)28-19/h2-3,6-9,25H,4-5,10-11H2,1H3,(H,26,27,28)/p+1. The second kappa shape index (κ2) is 9.53. The van der Waals surface area contributed by atoms with Crippen LogP contribution in [0.25, 0.3) is 11.3 Å². The first-order chi connectivity index (χ1) is 15.4. The van der Waals surface area contributed by atoms with Gasteiger partial charge in [0.25, 0.3) is 0 Å². The van der Waals surface area contributed by atoms with Gasteiger partial charge in [0.1, 0.15) is 18.1 Å². The van der Waals surface area contributed by atoms with Crippen LogP contribution < -0.4 is 19.6 Å². The zero-order chi connectivity index (χ0) is 22.7. The minimum Gasteiger partial charge on any atom is -0.491 e. The minimum absolute atomic E-state index is 0.0505. The van der Waals surface area contributed by atoms with Gasteiger partial charge in [0.05, 0.1) is 18.6 Å². The van der Waals surface area contributed by atoms with Gasteiger partial charge in [-0.05, 0) is 29.8 Å². The molecule has 1 atom stereocenters. The maximum Gasteiger partial charge on any atom is 0.227 e. The molecule has 0 saturated heterocycles. The van der Waals surface area contributed by atoms with Crippen LogP contribution in [0.15, 0.2) is 36.5 Å². The second-order valence-electron chi connectivity index (χ2n) is 6.97. The Morgan fingerprint density at radius 3 is 2.75 bits per heavy atom. The highest BCUT2D eigenvalue weighted by Gasteiger charge is 2.21. The molecule has 168 valence electrons. The quantitative estimate of drug-likeness (QED) is 0.605. The summed E-state index contributed by atoms with van der Waals surface area (Å²) in [6.45, 7) is -0.0913. The molecular weight excluding hydrogens is 445 g/mol. The number of hydrogen-bond donors (Lipinski definition) is 2. The van der Waals surface area contributed by atoms with Gasteiger partial charge in [-0.3, -0.25) is 0 Å². The molecule has 1 aliphatic rings. The lowest BCUT2D eigenvalue weighted by Crippen LogP contribution is -2.34. The molecule has 4 bridgehead atoms. The maximum absolute atomic E-state index is 14.6. The Morgan fingerprint density at radius 1 is 1.09 bits per heavy atom. The number of benzene rings is 2. The van der Waals surface area contributed by atoms with E-state index in [1.54, 1.807) is 6.07 Å². The molecule has 2 aromatic carbocycles. The van der Waals surface area contributed by atoms with Crippen molar-refractivity contribution >= 4 is 22.3 Å². The number of fused-ring (bicyclic) bond motifs is 6. The van der Waals surface area contributed by atoms with Gasteiger partial charge in [0.15, 0.2) is 24.2 Å². The number of rotatable bonds is 2. The summed E-state index contributed by atoms with van der Waals surface area (Å²) in [6.07, 6.45) is 2.85. The van der Waals surface area contributed by atoms with Crippen LogP contribution in [0.5, 0.6) is 11.5 Å². The molecule has 2 heterocycles. The first-order valence-electron chi connectivity index (χ1n) is 9.53. The molecule has 1 aliphatic heterocycles. The summed E-state index contributed by atoms with van der Waals surface area (Å²) >= 11 is 0.